The quantitative estimate of drug-likeness (QED) is 0.441. The fourth-order valence-corrected chi connectivity index (χ4v) is 1.73. The first-order valence-electron chi connectivity index (χ1n) is 2.35. The van der Waals surface area contributed by atoms with E-state index in [0.717, 1.165) is 0 Å². The summed E-state index contributed by atoms with van der Waals surface area (Å²) >= 11 is -3.32. The van der Waals surface area contributed by atoms with E-state index in [1.54, 1.807) is 0 Å². The van der Waals surface area contributed by atoms with E-state index in [0.29, 0.717) is 0 Å². The number of rotatable bonds is 2. The van der Waals surface area contributed by atoms with E-state index in [9.17, 15) is 15.0 Å². The molecule has 1 rings (SSSR count). The van der Waals surface area contributed by atoms with Crippen molar-refractivity contribution in [1.82, 2.24) is 0 Å². The third kappa shape index (κ3) is 6.85. The van der Waals surface area contributed by atoms with Crippen molar-refractivity contribution in [1.29, 1.82) is 0 Å². The first-order chi connectivity index (χ1) is 5.91. The molecule has 13 heavy (non-hydrogen) atoms. The molecule has 0 atom stereocenters. The second-order valence-electron chi connectivity index (χ2n) is 1.28. The predicted octanol–water partition coefficient (Wildman–Crippen LogP) is -1.40. The van der Waals surface area contributed by atoms with Crippen LogP contribution in [0.3, 0.4) is 0 Å². The van der Waals surface area contributed by atoms with E-state index < -0.39 is 32.9 Å². The van der Waals surface area contributed by atoms with E-state index in [1.807, 2.05) is 0 Å². The second-order valence-corrected chi connectivity index (χ2v) is 4.73. The Morgan fingerprint density at radius 3 is 1.85 bits per heavy atom. The van der Waals surface area contributed by atoms with Crippen molar-refractivity contribution in [3.05, 3.63) is 30.3 Å². The molecule has 0 N–H and O–H groups in total. The van der Waals surface area contributed by atoms with E-state index in [2.05, 4.69) is 8.87 Å². The second kappa shape index (κ2) is 5.18. The first kappa shape index (κ1) is 11.5. The maximum absolute atomic E-state index is 9.71. The summed E-state index contributed by atoms with van der Waals surface area (Å²) in [6, 6.07) is 0. The van der Waals surface area contributed by atoms with Gasteiger partial charge in [0.15, 0.2) is 0 Å². The Hall–Kier alpha value is -1.53. The Morgan fingerprint density at radius 2 is 1.62 bits per heavy atom. The number of hydrogen-bond donors (Lipinski definition) is 0. The summed E-state index contributed by atoms with van der Waals surface area (Å²) in [5.74, 6) is 0. The number of hydrogen-bond acceptors (Lipinski definition) is 9. The molecule has 0 aliphatic carbocycles. The maximum atomic E-state index is 9.71. The molecule has 72 valence electrons. The normalized spacial score (nSPS) is 12.3. The SMILES string of the molecule is O=[N+]([O-])[O-].O=[N+]([O-])[O][In]1[O][N+](=O)[O]1. The molecule has 1 heterocycles. The summed E-state index contributed by atoms with van der Waals surface area (Å²) in [5.41, 5.74) is 0. The van der Waals surface area contributed by atoms with Gasteiger partial charge in [0.1, 0.15) is 0 Å². The average Bonchev–Trinajstić information content (AvgIpc) is 1.81. The Balaban J connectivity index is 0.000000310. The molecule has 12 nitrogen and oxygen atoms in total. The molecule has 1 aliphatic rings. The zero-order chi connectivity index (χ0) is 10.4. The fraction of sp³-hybridized carbons (Fsp3) is 0. The van der Waals surface area contributed by atoms with Gasteiger partial charge >= 0.3 is 56.8 Å². The van der Waals surface area contributed by atoms with Gasteiger partial charge in [-0.1, -0.05) is 0 Å². The Bertz CT molecular complexity index is 211. The van der Waals surface area contributed by atoms with E-state index in [-0.39, 0.29) is 5.09 Å². The van der Waals surface area contributed by atoms with Crippen LogP contribution < -0.4 is 0 Å². The molecular weight excluding hydrogens is 301 g/mol. The molecule has 13 heteroatoms. The van der Waals surface area contributed by atoms with Gasteiger partial charge in [-0.25, -0.2) is 0 Å². The van der Waals surface area contributed by atoms with Crippen LogP contribution in [0.2, 0.25) is 0 Å². The summed E-state index contributed by atoms with van der Waals surface area (Å²) in [5, 5.41) is 23.0. The monoisotopic (exact) mass is 301 g/mol. The third-order valence-corrected chi connectivity index (χ3v) is 3.46. The van der Waals surface area contributed by atoms with Gasteiger partial charge < -0.3 is 15.3 Å². The predicted molar refractivity (Wildman–Crippen MR) is 30.0 cm³/mol. The molecule has 0 bridgehead atoms. The van der Waals surface area contributed by atoms with Gasteiger partial charge in [-0.3, -0.25) is 0 Å². The molecule has 0 unspecified atom stereocenters. The van der Waals surface area contributed by atoms with Crippen LogP contribution in [0.15, 0.2) is 0 Å². The van der Waals surface area contributed by atoms with Crippen molar-refractivity contribution >= 4 is 22.7 Å². The molecule has 1 fully saturated rings. The van der Waals surface area contributed by atoms with Crippen molar-refractivity contribution in [2.24, 2.45) is 0 Å². The van der Waals surface area contributed by atoms with Crippen LogP contribution in [0.5, 0.6) is 0 Å². The summed E-state index contributed by atoms with van der Waals surface area (Å²) < 4.78 is 11.9. The summed E-state index contributed by atoms with van der Waals surface area (Å²) in [7, 11) is 0. The molecule has 0 aromatic rings. The zero-order valence-corrected chi connectivity index (χ0v) is 8.89. The van der Waals surface area contributed by atoms with Crippen molar-refractivity contribution in [2.75, 3.05) is 0 Å². The molecule has 0 aromatic heterocycles. The third-order valence-electron chi connectivity index (χ3n) is 0.516. The first-order valence-corrected chi connectivity index (χ1v) is 6.39. The van der Waals surface area contributed by atoms with Gasteiger partial charge in [0.2, 0.25) is 0 Å². The van der Waals surface area contributed by atoms with E-state index >= 15 is 0 Å². The van der Waals surface area contributed by atoms with E-state index in [1.165, 1.54) is 0 Å². The van der Waals surface area contributed by atoms with Crippen LogP contribution in [0, 0.1) is 30.3 Å². The minimum atomic E-state index is -3.32. The van der Waals surface area contributed by atoms with Crippen LogP contribution in [0.25, 0.3) is 0 Å². The van der Waals surface area contributed by atoms with Gasteiger partial charge in [-0.05, 0) is 0 Å². The summed E-state index contributed by atoms with van der Waals surface area (Å²) in [4.78, 5) is 27.4. The van der Waals surface area contributed by atoms with Crippen molar-refractivity contribution < 1.29 is 24.1 Å². The van der Waals surface area contributed by atoms with Crippen LogP contribution in [-0.2, 0) is 8.87 Å². The molecular formula is InN3O9. The standard InChI is InChI=1S/In.3NO3/c;3*2-1(3)4/q+3;3*-1. The molecule has 0 radical (unpaired) electrons. The Morgan fingerprint density at radius 1 is 1.23 bits per heavy atom. The van der Waals surface area contributed by atoms with Gasteiger partial charge in [-0.2, -0.15) is 0 Å². The van der Waals surface area contributed by atoms with Crippen molar-refractivity contribution in [3.63, 3.8) is 0 Å². The minimum absolute atomic E-state index is 0.204. The molecule has 1 aliphatic heterocycles. The van der Waals surface area contributed by atoms with Crippen LogP contribution in [0.1, 0.15) is 0 Å². The van der Waals surface area contributed by atoms with Gasteiger partial charge in [0.25, 0.3) is 0 Å². The number of nitrogens with zero attached hydrogens (tertiary/aromatic N) is 3. The van der Waals surface area contributed by atoms with Crippen LogP contribution in [0.4, 0.5) is 0 Å². The van der Waals surface area contributed by atoms with Gasteiger partial charge in [-0.15, -0.1) is 0 Å². The Kier molecular flexibility index (Phi) is 4.57. The van der Waals surface area contributed by atoms with Gasteiger partial charge in [0.05, 0.1) is 5.09 Å². The fourth-order valence-electron chi connectivity index (χ4n) is 0.257. The van der Waals surface area contributed by atoms with Crippen LogP contribution >= 0.6 is 0 Å². The zero-order valence-electron chi connectivity index (χ0n) is 5.59. The average molecular weight is 301 g/mol. The van der Waals surface area contributed by atoms with Crippen LogP contribution in [-0.4, -0.2) is 38.0 Å². The molecule has 0 saturated carbocycles. The van der Waals surface area contributed by atoms with E-state index in [4.69, 9.17) is 15.3 Å². The summed E-state index contributed by atoms with van der Waals surface area (Å²) in [6.07, 6.45) is 0. The van der Waals surface area contributed by atoms with Crippen molar-refractivity contribution in [2.45, 2.75) is 0 Å². The van der Waals surface area contributed by atoms with Gasteiger partial charge in [0, 0.05) is 0 Å². The topological polar surface area (TPSA) is 157 Å². The summed E-state index contributed by atoms with van der Waals surface area (Å²) in [6.45, 7) is 0. The molecule has 0 amide bonds. The Labute approximate surface area is 77.6 Å². The van der Waals surface area contributed by atoms with Crippen molar-refractivity contribution in [3.8, 4) is 0 Å². The molecule has 0 spiro atoms. The molecule has 0 aromatic carbocycles. The molecule has 1 saturated heterocycles.